The largest absolute Gasteiger partial charge is 0.343 e. The average molecular weight is 306 g/mol. The van der Waals surface area contributed by atoms with Crippen LogP contribution >= 0.6 is 0 Å². The van der Waals surface area contributed by atoms with E-state index in [1.54, 1.807) is 11.8 Å². The molecule has 0 spiro atoms. The summed E-state index contributed by atoms with van der Waals surface area (Å²) in [6, 6.07) is 4.13. The molecular weight excluding hydrogens is 288 g/mol. The van der Waals surface area contributed by atoms with E-state index in [2.05, 4.69) is 10.6 Å². The molecule has 1 aliphatic rings. The summed E-state index contributed by atoms with van der Waals surface area (Å²) in [5.74, 6) is -0.546. The van der Waals surface area contributed by atoms with Gasteiger partial charge in [-0.2, -0.15) is 0 Å². The molecule has 1 aromatic carbocycles. The number of carbonyl (C=O) groups is 2. The number of aryl methyl sites for hydroxylation is 1. The first-order chi connectivity index (χ1) is 10.5. The minimum absolute atomic E-state index is 0.0338. The van der Waals surface area contributed by atoms with Crippen LogP contribution in [0.5, 0.6) is 0 Å². The summed E-state index contributed by atoms with van der Waals surface area (Å²) in [6.07, 6.45) is 0. The molecular formula is C14H18N4O4. The summed E-state index contributed by atoms with van der Waals surface area (Å²) < 4.78 is 0. The average Bonchev–Trinajstić information content (AvgIpc) is 2.52. The normalized spacial score (nSPS) is 14.5. The van der Waals surface area contributed by atoms with Gasteiger partial charge in [0.15, 0.2) is 0 Å². The standard InChI is InChI=1S/C14H18N4O4/c1-10-8-11(2-3-12(10)18(21)22)14(20)16-9-13(19)17-6-4-15-5-7-17/h2-3,8,15H,4-7,9H2,1H3,(H,16,20). The fourth-order valence-electron chi connectivity index (χ4n) is 2.29. The molecule has 1 fully saturated rings. The molecule has 2 N–H and O–H groups in total. The molecule has 0 atom stereocenters. The minimum atomic E-state index is -0.495. The van der Waals surface area contributed by atoms with Gasteiger partial charge in [0.1, 0.15) is 0 Å². The van der Waals surface area contributed by atoms with Crippen molar-refractivity contribution in [2.24, 2.45) is 0 Å². The van der Waals surface area contributed by atoms with Gasteiger partial charge in [-0.1, -0.05) is 0 Å². The molecule has 0 unspecified atom stereocenters. The second kappa shape index (κ2) is 6.99. The van der Waals surface area contributed by atoms with Crippen molar-refractivity contribution in [3.63, 3.8) is 0 Å². The Bertz CT molecular complexity index is 597. The number of nitro groups is 1. The number of carbonyl (C=O) groups excluding carboxylic acids is 2. The van der Waals surface area contributed by atoms with E-state index in [-0.39, 0.29) is 18.1 Å². The fraction of sp³-hybridized carbons (Fsp3) is 0.429. The molecule has 0 radical (unpaired) electrons. The first-order valence-corrected chi connectivity index (χ1v) is 7.01. The Morgan fingerprint density at radius 2 is 2.05 bits per heavy atom. The zero-order chi connectivity index (χ0) is 16.1. The van der Waals surface area contributed by atoms with Crippen LogP contribution in [-0.4, -0.2) is 54.4 Å². The third kappa shape index (κ3) is 3.79. The van der Waals surface area contributed by atoms with E-state index in [9.17, 15) is 19.7 Å². The number of rotatable bonds is 4. The first-order valence-electron chi connectivity index (χ1n) is 7.01. The lowest BCUT2D eigenvalue weighted by molar-refractivity contribution is -0.385. The van der Waals surface area contributed by atoms with Crippen LogP contribution in [0.25, 0.3) is 0 Å². The summed E-state index contributed by atoms with van der Waals surface area (Å²) in [6.45, 7) is 4.26. The molecule has 2 amide bonds. The number of hydrogen-bond acceptors (Lipinski definition) is 5. The number of amides is 2. The van der Waals surface area contributed by atoms with Gasteiger partial charge in [0, 0.05) is 43.4 Å². The van der Waals surface area contributed by atoms with Gasteiger partial charge in [-0.15, -0.1) is 0 Å². The van der Waals surface area contributed by atoms with Crippen LogP contribution in [0.2, 0.25) is 0 Å². The van der Waals surface area contributed by atoms with E-state index in [0.717, 1.165) is 13.1 Å². The van der Waals surface area contributed by atoms with Gasteiger partial charge in [-0.3, -0.25) is 19.7 Å². The zero-order valence-corrected chi connectivity index (χ0v) is 12.3. The van der Waals surface area contributed by atoms with Gasteiger partial charge in [0.2, 0.25) is 5.91 Å². The van der Waals surface area contributed by atoms with Crippen molar-refractivity contribution in [2.75, 3.05) is 32.7 Å². The van der Waals surface area contributed by atoms with Crippen LogP contribution in [-0.2, 0) is 4.79 Å². The predicted molar refractivity (Wildman–Crippen MR) is 79.6 cm³/mol. The van der Waals surface area contributed by atoms with E-state index in [1.165, 1.54) is 18.2 Å². The molecule has 2 rings (SSSR count). The van der Waals surface area contributed by atoms with Crippen molar-refractivity contribution >= 4 is 17.5 Å². The minimum Gasteiger partial charge on any atom is -0.343 e. The van der Waals surface area contributed by atoms with E-state index < -0.39 is 10.8 Å². The molecule has 1 heterocycles. The summed E-state index contributed by atoms with van der Waals surface area (Å²) in [5.41, 5.74) is 0.677. The molecule has 118 valence electrons. The van der Waals surface area contributed by atoms with Crippen LogP contribution < -0.4 is 10.6 Å². The maximum atomic E-state index is 12.0. The van der Waals surface area contributed by atoms with Crippen LogP contribution in [0.4, 0.5) is 5.69 Å². The Morgan fingerprint density at radius 3 is 2.64 bits per heavy atom. The molecule has 0 aliphatic carbocycles. The lowest BCUT2D eigenvalue weighted by Gasteiger charge is -2.27. The Kier molecular flexibility index (Phi) is 5.05. The Labute approximate surface area is 127 Å². The third-order valence-electron chi connectivity index (χ3n) is 3.53. The van der Waals surface area contributed by atoms with Gasteiger partial charge in [-0.05, 0) is 19.1 Å². The zero-order valence-electron chi connectivity index (χ0n) is 12.3. The molecule has 8 heteroatoms. The molecule has 1 aliphatic heterocycles. The van der Waals surface area contributed by atoms with Crippen molar-refractivity contribution in [2.45, 2.75) is 6.92 Å². The third-order valence-corrected chi connectivity index (χ3v) is 3.53. The highest BCUT2D eigenvalue weighted by Gasteiger charge is 2.18. The maximum Gasteiger partial charge on any atom is 0.272 e. The Morgan fingerprint density at radius 1 is 1.36 bits per heavy atom. The number of piperazine rings is 1. The number of nitrogens with one attached hydrogen (secondary N) is 2. The van der Waals surface area contributed by atoms with Gasteiger partial charge in [-0.25, -0.2) is 0 Å². The Hall–Kier alpha value is -2.48. The maximum absolute atomic E-state index is 12.0. The SMILES string of the molecule is Cc1cc(C(=O)NCC(=O)N2CCNCC2)ccc1[N+](=O)[O-]. The van der Waals surface area contributed by atoms with Crippen molar-refractivity contribution < 1.29 is 14.5 Å². The number of hydrogen-bond donors (Lipinski definition) is 2. The quantitative estimate of drug-likeness (QED) is 0.605. The molecule has 0 bridgehead atoms. The smallest absolute Gasteiger partial charge is 0.272 e. The van der Waals surface area contributed by atoms with Crippen molar-refractivity contribution in [3.8, 4) is 0 Å². The van der Waals surface area contributed by atoms with Crippen LogP contribution in [0.1, 0.15) is 15.9 Å². The highest BCUT2D eigenvalue weighted by atomic mass is 16.6. The highest BCUT2D eigenvalue weighted by molar-refractivity contribution is 5.96. The number of nitro benzene ring substituents is 1. The van der Waals surface area contributed by atoms with Gasteiger partial charge in [0.25, 0.3) is 11.6 Å². The summed E-state index contributed by atoms with van der Waals surface area (Å²) in [7, 11) is 0. The molecule has 0 aromatic heterocycles. The highest BCUT2D eigenvalue weighted by Crippen LogP contribution is 2.18. The molecule has 0 saturated carbocycles. The van der Waals surface area contributed by atoms with Gasteiger partial charge in [0.05, 0.1) is 11.5 Å². The van der Waals surface area contributed by atoms with Crippen LogP contribution in [0.3, 0.4) is 0 Å². The molecule has 1 saturated heterocycles. The van der Waals surface area contributed by atoms with Crippen molar-refractivity contribution in [1.82, 2.24) is 15.5 Å². The summed E-state index contributed by atoms with van der Waals surface area (Å²) >= 11 is 0. The second-order valence-corrected chi connectivity index (χ2v) is 5.07. The van der Waals surface area contributed by atoms with Crippen LogP contribution in [0.15, 0.2) is 18.2 Å². The number of nitrogens with zero attached hydrogens (tertiary/aromatic N) is 2. The second-order valence-electron chi connectivity index (χ2n) is 5.07. The topological polar surface area (TPSA) is 105 Å². The van der Waals surface area contributed by atoms with E-state index in [0.29, 0.717) is 24.2 Å². The van der Waals surface area contributed by atoms with Crippen molar-refractivity contribution in [1.29, 1.82) is 0 Å². The van der Waals surface area contributed by atoms with Crippen molar-refractivity contribution in [3.05, 3.63) is 39.4 Å². The molecule has 22 heavy (non-hydrogen) atoms. The Balaban J connectivity index is 1.93. The molecule has 8 nitrogen and oxygen atoms in total. The van der Waals surface area contributed by atoms with E-state index in [1.807, 2.05) is 0 Å². The lowest BCUT2D eigenvalue weighted by atomic mass is 10.1. The summed E-state index contributed by atoms with van der Waals surface area (Å²) in [5, 5.41) is 16.4. The predicted octanol–water partition coefficient (Wildman–Crippen LogP) is 0.0648. The van der Waals surface area contributed by atoms with Crippen LogP contribution in [0, 0.1) is 17.0 Å². The lowest BCUT2D eigenvalue weighted by Crippen LogP contribution is -2.49. The van der Waals surface area contributed by atoms with Gasteiger partial charge >= 0.3 is 0 Å². The number of benzene rings is 1. The van der Waals surface area contributed by atoms with Gasteiger partial charge < -0.3 is 15.5 Å². The van der Waals surface area contributed by atoms with E-state index >= 15 is 0 Å². The first kappa shape index (κ1) is 15.9. The monoisotopic (exact) mass is 306 g/mol. The summed E-state index contributed by atoms with van der Waals surface area (Å²) in [4.78, 5) is 35.9. The van der Waals surface area contributed by atoms with E-state index in [4.69, 9.17) is 0 Å². The molecule has 1 aromatic rings. The fourth-order valence-corrected chi connectivity index (χ4v) is 2.29.